The third-order valence-electron chi connectivity index (χ3n) is 5.63. The highest BCUT2D eigenvalue weighted by Gasteiger charge is 2.15. The fourth-order valence-electron chi connectivity index (χ4n) is 3.98. The Morgan fingerprint density at radius 1 is 1.03 bits per heavy atom. The first-order valence-electron chi connectivity index (χ1n) is 11.1. The van der Waals surface area contributed by atoms with Gasteiger partial charge in [-0.3, -0.25) is 4.79 Å². The molecule has 0 saturated carbocycles. The molecule has 182 valence electrons. The van der Waals surface area contributed by atoms with Gasteiger partial charge in [-0.05, 0) is 78.4 Å². The fourth-order valence-corrected chi connectivity index (χ4v) is 4.32. The summed E-state index contributed by atoms with van der Waals surface area (Å²) in [6.45, 7) is 0.443. The summed E-state index contributed by atoms with van der Waals surface area (Å²) in [7, 11) is 0. The minimum absolute atomic E-state index is 0.106. The van der Waals surface area contributed by atoms with Crippen molar-refractivity contribution in [2.45, 2.75) is 12.6 Å². The molecule has 0 saturated heterocycles. The normalized spacial score (nSPS) is 12.4. The standard InChI is InChI=1S/C27H21Cl2N3O4/c28-18-5-9-24-22(12-18)23-13-19(29)6-10-25(23)32(24)15-20(33)16-36-21-7-3-17(4-8-21)14-30-31-27(34)26-2-1-11-35-26/h1-14,20,33H,15-16H2,(H,31,34)/b30-14+. The van der Waals surface area contributed by atoms with Gasteiger partial charge in [0.2, 0.25) is 0 Å². The Morgan fingerprint density at radius 2 is 1.69 bits per heavy atom. The van der Waals surface area contributed by atoms with Crippen LogP contribution in [-0.4, -0.2) is 34.5 Å². The van der Waals surface area contributed by atoms with Gasteiger partial charge in [0.25, 0.3) is 0 Å². The maximum absolute atomic E-state index is 11.8. The minimum atomic E-state index is -0.756. The molecule has 3 aromatic carbocycles. The number of amides is 1. The molecule has 0 fully saturated rings. The lowest BCUT2D eigenvalue weighted by Gasteiger charge is -2.15. The van der Waals surface area contributed by atoms with E-state index in [4.69, 9.17) is 32.4 Å². The predicted octanol–water partition coefficient (Wildman–Crippen LogP) is 5.90. The third-order valence-corrected chi connectivity index (χ3v) is 6.10. The smallest absolute Gasteiger partial charge is 0.307 e. The molecule has 5 rings (SSSR count). The first kappa shape index (κ1) is 23.9. The number of nitrogens with one attached hydrogen (secondary N) is 1. The molecule has 2 N–H and O–H groups in total. The zero-order chi connectivity index (χ0) is 25.1. The van der Waals surface area contributed by atoms with E-state index in [9.17, 15) is 9.90 Å². The van der Waals surface area contributed by atoms with Crippen molar-refractivity contribution in [2.75, 3.05) is 6.61 Å². The second-order valence-corrected chi connectivity index (χ2v) is 9.02. The molecule has 0 spiro atoms. The number of hydrazone groups is 1. The molecule has 0 aliphatic heterocycles. The van der Waals surface area contributed by atoms with E-state index in [1.807, 2.05) is 41.0 Å². The molecule has 2 aromatic heterocycles. The lowest BCUT2D eigenvalue weighted by molar-refractivity contribution is 0.0927. The van der Waals surface area contributed by atoms with Gasteiger partial charge in [-0.2, -0.15) is 5.10 Å². The summed E-state index contributed by atoms with van der Waals surface area (Å²) in [5.74, 6) is 0.356. The van der Waals surface area contributed by atoms with Crippen LogP contribution in [0.2, 0.25) is 10.0 Å². The number of carbonyl (C=O) groups is 1. The van der Waals surface area contributed by atoms with E-state index >= 15 is 0 Å². The molecule has 36 heavy (non-hydrogen) atoms. The van der Waals surface area contributed by atoms with Crippen molar-refractivity contribution >= 4 is 57.1 Å². The second kappa shape index (κ2) is 10.5. The first-order valence-corrected chi connectivity index (χ1v) is 11.9. The van der Waals surface area contributed by atoms with E-state index in [1.165, 1.54) is 12.5 Å². The molecule has 1 unspecified atom stereocenters. The summed E-state index contributed by atoms with van der Waals surface area (Å²) < 4.78 is 12.8. The molecule has 0 bridgehead atoms. The van der Waals surface area contributed by atoms with E-state index in [2.05, 4.69) is 10.5 Å². The Bertz CT molecular complexity index is 1480. The second-order valence-electron chi connectivity index (χ2n) is 8.14. The summed E-state index contributed by atoms with van der Waals surface area (Å²) in [6.07, 6.45) is 2.18. The number of furan rings is 1. The van der Waals surface area contributed by atoms with Crippen LogP contribution < -0.4 is 10.2 Å². The Kier molecular flexibility index (Phi) is 6.95. The summed E-state index contributed by atoms with van der Waals surface area (Å²) in [5, 5.41) is 17.9. The van der Waals surface area contributed by atoms with Crippen LogP contribution in [0.25, 0.3) is 21.8 Å². The maximum atomic E-state index is 11.8. The topological polar surface area (TPSA) is 89.0 Å². The number of ether oxygens (including phenoxy) is 1. The summed E-state index contributed by atoms with van der Waals surface area (Å²) >= 11 is 12.4. The van der Waals surface area contributed by atoms with Crippen LogP contribution in [0.1, 0.15) is 16.1 Å². The van der Waals surface area contributed by atoms with Crippen molar-refractivity contribution in [3.05, 3.63) is 100 Å². The van der Waals surface area contributed by atoms with Crippen molar-refractivity contribution in [3.8, 4) is 5.75 Å². The number of aliphatic hydroxyl groups is 1. The summed E-state index contributed by atoms with van der Waals surface area (Å²) in [5.41, 5.74) is 5.08. The van der Waals surface area contributed by atoms with Crippen molar-refractivity contribution in [3.63, 3.8) is 0 Å². The van der Waals surface area contributed by atoms with Gasteiger partial charge in [-0.1, -0.05) is 23.2 Å². The van der Waals surface area contributed by atoms with Gasteiger partial charge in [-0.15, -0.1) is 0 Å². The molecule has 0 aliphatic carbocycles. The quantitative estimate of drug-likeness (QED) is 0.196. The number of aromatic nitrogens is 1. The van der Waals surface area contributed by atoms with E-state index in [0.717, 1.165) is 27.4 Å². The number of fused-ring (bicyclic) bond motifs is 3. The van der Waals surface area contributed by atoms with Crippen LogP contribution in [0, 0.1) is 0 Å². The monoisotopic (exact) mass is 521 g/mol. The molecular formula is C27H21Cl2N3O4. The minimum Gasteiger partial charge on any atom is -0.491 e. The lowest BCUT2D eigenvalue weighted by Crippen LogP contribution is -2.23. The predicted molar refractivity (Wildman–Crippen MR) is 141 cm³/mol. The molecule has 5 aromatic rings. The molecular weight excluding hydrogens is 501 g/mol. The Hall–Kier alpha value is -3.78. The number of carbonyl (C=O) groups excluding carboxylic acids is 1. The van der Waals surface area contributed by atoms with E-state index in [0.29, 0.717) is 22.3 Å². The van der Waals surface area contributed by atoms with Gasteiger partial charge >= 0.3 is 5.91 Å². The molecule has 0 radical (unpaired) electrons. The molecule has 9 heteroatoms. The van der Waals surface area contributed by atoms with Crippen molar-refractivity contribution < 1.29 is 19.1 Å². The number of rotatable bonds is 8. The number of aliphatic hydroxyl groups excluding tert-OH is 1. The van der Waals surface area contributed by atoms with Crippen molar-refractivity contribution in [1.29, 1.82) is 0 Å². The summed E-state index contributed by atoms with van der Waals surface area (Å²) in [6, 6.07) is 21.7. The largest absolute Gasteiger partial charge is 0.491 e. The highest BCUT2D eigenvalue weighted by Crippen LogP contribution is 2.33. The van der Waals surface area contributed by atoms with Crippen LogP contribution in [0.3, 0.4) is 0 Å². The zero-order valence-electron chi connectivity index (χ0n) is 18.9. The van der Waals surface area contributed by atoms with Gasteiger partial charge in [-0.25, -0.2) is 5.43 Å². The number of benzene rings is 3. The average molecular weight is 522 g/mol. The first-order chi connectivity index (χ1) is 17.5. The van der Waals surface area contributed by atoms with Crippen molar-refractivity contribution in [1.82, 2.24) is 9.99 Å². The van der Waals surface area contributed by atoms with Crippen LogP contribution in [-0.2, 0) is 6.54 Å². The van der Waals surface area contributed by atoms with Gasteiger partial charge in [0.1, 0.15) is 18.5 Å². The highest BCUT2D eigenvalue weighted by molar-refractivity contribution is 6.33. The molecule has 1 atom stereocenters. The fraction of sp³-hybridized carbons (Fsp3) is 0.111. The number of halogens is 2. The van der Waals surface area contributed by atoms with Crippen molar-refractivity contribution in [2.24, 2.45) is 5.10 Å². The van der Waals surface area contributed by atoms with Gasteiger partial charge in [0.15, 0.2) is 5.76 Å². The SMILES string of the molecule is O=C(N/N=C/c1ccc(OCC(O)Cn2c3ccc(Cl)cc3c3cc(Cl)ccc32)cc1)c1ccco1. The number of hydrogen-bond donors (Lipinski definition) is 2. The molecule has 7 nitrogen and oxygen atoms in total. The average Bonchev–Trinajstić information content (AvgIpc) is 3.51. The molecule has 2 heterocycles. The van der Waals surface area contributed by atoms with Gasteiger partial charge in [0.05, 0.1) is 19.0 Å². The Labute approximate surface area is 216 Å². The Balaban J connectivity index is 1.21. The van der Waals surface area contributed by atoms with Gasteiger partial charge in [0, 0.05) is 31.9 Å². The highest BCUT2D eigenvalue weighted by atomic mass is 35.5. The third kappa shape index (κ3) is 5.23. The summed E-state index contributed by atoms with van der Waals surface area (Å²) in [4.78, 5) is 11.8. The number of hydrogen-bond acceptors (Lipinski definition) is 5. The van der Waals surface area contributed by atoms with Crippen LogP contribution in [0.5, 0.6) is 5.75 Å². The lowest BCUT2D eigenvalue weighted by atomic mass is 10.1. The van der Waals surface area contributed by atoms with Crippen LogP contribution in [0.4, 0.5) is 0 Å². The van der Waals surface area contributed by atoms with E-state index in [1.54, 1.807) is 36.4 Å². The van der Waals surface area contributed by atoms with Gasteiger partial charge < -0.3 is 18.8 Å². The zero-order valence-corrected chi connectivity index (χ0v) is 20.4. The van der Waals surface area contributed by atoms with E-state index in [-0.39, 0.29) is 12.4 Å². The molecule has 0 aliphatic rings. The maximum Gasteiger partial charge on any atom is 0.307 e. The Morgan fingerprint density at radius 3 is 2.31 bits per heavy atom. The molecule has 1 amide bonds. The van der Waals surface area contributed by atoms with Crippen LogP contribution in [0.15, 0.2) is 88.6 Å². The number of nitrogens with zero attached hydrogens (tertiary/aromatic N) is 2. The van der Waals surface area contributed by atoms with Crippen LogP contribution >= 0.6 is 23.2 Å². The van der Waals surface area contributed by atoms with E-state index < -0.39 is 12.0 Å².